The van der Waals surface area contributed by atoms with E-state index in [4.69, 9.17) is 11.6 Å². The summed E-state index contributed by atoms with van der Waals surface area (Å²) >= 11 is 5.77. The standard InChI is InChI=1S/C15H22ClNO3S/c16-14-8-6-12(7-9-14)11-21(19,20)17-10-15(18)13-4-2-1-3-5-13/h6-9,13,15,17-18H,1-5,10-11H2. The summed E-state index contributed by atoms with van der Waals surface area (Å²) in [4.78, 5) is 0. The summed E-state index contributed by atoms with van der Waals surface area (Å²) in [6.45, 7) is 0.0978. The Morgan fingerprint density at radius 2 is 1.81 bits per heavy atom. The van der Waals surface area contributed by atoms with Gasteiger partial charge in [0.1, 0.15) is 0 Å². The molecular weight excluding hydrogens is 310 g/mol. The average Bonchev–Trinajstić information content (AvgIpc) is 2.48. The highest BCUT2D eigenvalue weighted by molar-refractivity contribution is 7.88. The van der Waals surface area contributed by atoms with E-state index < -0.39 is 16.1 Å². The summed E-state index contributed by atoms with van der Waals surface area (Å²) < 4.78 is 26.5. The third-order valence-electron chi connectivity index (χ3n) is 3.98. The largest absolute Gasteiger partial charge is 0.391 e. The number of sulfonamides is 1. The second-order valence-electron chi connectivity index (χ2n) is 5.70. The first-order chi connectivity index (χ1) is 9.96. The molecule has 1 aromatic rings. The van der Waals surface area contributed by atoms with E-state index in [0.29, 0.717) is 10.6 Å². The van der Waals surface area contributed by atoms with Gasteiger partial charge >= 0.3 is 0 Å². The third-order valence-corrected chi connectivity index (χ3v) is 5.55. The lowest BCUT2D eigenvalue weighted by Crippen LogP contribution is -2.37. The number of aliphatic hydroxyl groups is 1. The lowest BCUT2D eigenvalue weighted by molar-refractivity contribution is 0.0888. The van der Waals surface area contributed by atoms with Gasteiger partial charge in [0.05, 0.1) is 11.9 Å². The van der Waals surface area contributed by atoms with Gasteiger partial charge in [-0.25, -0.2) is 13.1 Å². The molecule has 0 aromatic heterocycles. The van der Waals surface area contributed by atoms with Gasteiger partial charge in [0.25, 0.3) is 0 Å². The Kier molecular flexibility index (Phi) is 6.05. The van der Waals surface area contributed by atoms with Crippen molar-refractivity contribution in [3.8, 4) is 0 Å². The molecule has 1 aromatic carbocycles. The molecule has 0 radical (unpaired) electrons. The van der Waals surface area contributed by atoms with Gasteiger partial charge in [-0.1, -0.05) is 43.0 Å². The Labute approximate surface area is 131 Å². The maximum absolute atomic E-state index is 12.0. The lowest BCUT2D eigenvalue weighted by atomic mass is 9.85. The average molecular weight is 332 g/mol. The van der Waals surface area contributed by atoms with Crippen molar-refractivity contribution in [1.82, 2.24) is 4.72 Å². The molecule has 6 heteroatoms. The van der Waals surface area contributed by atoms with Gasteiger partial charge in [-0.05, 0) is 36.5 Å². The minimum atomic E-state index is -3.43. The number of halogens is 1. The Balaban J connectivity index is 1.84. The van der Waals surface area contributed by atoms with Crippen LogP contribution in [0.5, 0.6) is 0 Å². The Hall–Kier alpha value is -0.620. The predicted molar refractivity (Wildman–Crippen MR) is 84.7 cm³/mol. The summed E-state index contributed by atoms with van der Waals surface area (Å²) in [6, 6.07) is 6.73. The van der Waals surface area contributed by atoms with Gasteiger partial charge in [-0.2, -0.15) is 0 Å². The van der Waals surface area contributed by atoms with Crippen LogP contribution < -0.4 is 4.72 Å². The van der Waals surface area contributed by atoms with E-state index in [-0.39, 0.29) is 18.2 Å². The molecule has 118 valence electrons. The third kappa shape index (κ3) is 5.58. The molecule has 0 spiro atoms. The van der Waals surface area contributed by atoms with E-state index in [9.17, 15) is 13.5 Å². The van der Waals surface area contributed by atoms with Crippen LogP contribution in [0.25, 0.3) is 0 Å². The van der Waals surface area contributed by atoms with Crippen molar-refractivity contribution in [2.24, 2.45) is 5.92 Å². The fourth-order valence-electron chi connectivity index (χ4n) is 2.75. The fourth-order valence-corrected chi connectivity index (χ4v) is 4.03. The van der Waals surface area contributed by atoms with Crippen LogP contribution in [0.4, 0.5) is 0 Å². The second-order valence-corrected chi connectivity index (χ2v) is 7.94. The number of aliphatic hydroxyl groups excluding tert-OH is 1. The predicted octanol–water partition coefficient (Wildman–Crippen LogP) is 2.70. The number of hydrogen-bond acceptors (Lipinski definition) is 3. The van der Waals surface area contributed by atoms with Crippen molar-refractivity contribution in [1.29, 1.82) is 0 Å². The van der Waals surface area contributed by atoms with Gasteiger partial charge < -0.3 is 5.11 Å². The monoisotopic (exact) mass is 331 g/mol. The van der Waals surface area contributed by atoms with Gasteiger partial charge in [0.15, 0.2) is 0 Å². The number of rotatable bonds is 6. The van der Waals surface area contributed by atoms with Crippen LogP contribution in [0, 0.1) is 5.92 Å². The van der Waals surface area contributed by atoms with Crippen molar-refractivity contribution < 1.29 is 13.5 Å². The SMILES string of the molecule is O=S(=O)(Cc1ccc(Cl)cc1)NCC(O)C1CCCCC1. The maximum atomic E-state index is 12.0. The van der Waals surface area contributed by atoms with Crippen molar-refractivity contribution in [3.05, 3.63) is 34.9 Å². The first-order valence-electron chi connectivity index (χ1n) is 7.36. The summed E-state index contributed by atoms with van der Waals surface area (Å²) in [5.41, 5.74) is 0.680. The topological polar surface area (TPSA) is 66.4 Å². The molecule has 1 aliphatic rings. The van der Waals surface area contributed by atoms with E-state index in [2.05, 4.69) is 4.72 Å². The van der Waals surface area contributed by atoms with E-state index >= 15 is 0 Å². The molecule has 4 nitrogen and oxygen atoms in total. The number of benzene rings is 1. The second kappa shape index (κ2) is 7.58. The molecule has 1 aliphatic carbocycles. The minimum absolute atomic E-state index is 0.0957. The van der Waals surface area contributed by atoms with Crippen LogP contribution >= 0.6 is 11.6 Å². The Morgan fingerprint density at radius 3 is 2.43 bits per heavy atom. The fraction of sp³-hybridized carbons (Fsp3) is 0.600. The maximum Gasteiger partial charge on any atom is 0.215 e. The van der Waals surface area contributed by atoms with Crippen LogP contribution in [0.1, 0.15) is 37.7 Å². The normalized spacial score (nSPS) is 18.6. The number of hydrogen-bond donors (Lipinski definition) is 2. The minimum Gasteiger partial charge on any atom is -0.391 e. The zero-order valence-corrected chi connectivity index (χ0v) is 13.5. The summed E-state index contributed by atoms with van der Waals surface area (Å²) in [6.07, 6.45) is 4.84. The summed E-state index contributed by atoms with van der Waals surface area (Å²) in [5, 5.41) is 10.7. The van der Waals surface area contributed by atoms with E-state index in [1.807, 2.05) is 0 Å². The molecule has 21 heavy (non-hydrogen) atoms. The van der Waals surface area contributed by atoms with Crippen LogP contribution in [-0.4, -0.2) is 26.2 Å². The Morgan fingerprint density at radius 1 is 1.19 bits per heavy atom. The van der Waals surface area contributed by atoms with Crippen molar-refractivity contribution >= 4 is 21.6 Å². The van der Waals surface area contributed by atoms with Gasteiger partial charge in [-0.15, -0.1) is 0 Å². The van der Waals surface area contributed by atoms with E-state index in [1.165, 1.54) is 6.42 Å². The molecule has 0 amide bonds. The van der Waals surface area contributed by atoms with Gasteiger partial charge in [-0.3, -0.25) is 0 Å². The molecular formula is C15H22ClNO3S. The highest BCUT2D eigenvalue weighted by atomic mass is 35.5. The highest BCUT2D eigenvalue weighted by Crippen LogP contribution is 2.26. The molecule has 1 fully saturated rings. The summed E-state index contributed by atoms with van der Waals surface area (Å²) in [7, 11) is -3.43. The molecule has 0 bridgehead atoms. The van der Waals surface area contributed by atoms with Crippen LogP contribution in [-0.2, 0) is 15.8 Å². The zero-order chi connectivity index (χ0) is 15.3. The highest BCUT2D eigenvalue weighted by Gasteiger charge is 2.23. The smallest absolute Gasteiger partial charge is 0.215 e. The quantitative estimate of drug-likeness (QED) is 0.842. The molecule has 0 aliphatic heterocycles. The van der Waals surface area contributed by atoms with Crippen LogP contribution in [0.3, 0.4) is 0 Å². The molecule has 1 unspecified atom stereocenters. The van der Waals surface area contributed by atoms with Gasteiger partial charge in [0.2, 0.25) is 10.0 Å². The Bertz CT molecular complexity index is 539. The van der Waals surface area contributed by atoms with Crippen molar-refractivity contribution in [2.45, 2.75) is 44.0 Å². The van der Waals surface area contributed by atoms with E-state index in [1.54, 1.807) is 24.3 Å². The van der Waals surface area contributed by atoms with Crippen molar-refractivity contribution in [3.63, 3.8) is 0 Å². The lowest BCUT2D eigenvalue weighted by Gasteiger charge is -2.26. The first-order valence-corrected chi connectivity index (χ1v) is 9.39. The first kappa shape index (κ1) is 16.7. The molecule has 0 saturated heterocycles. The van der Waals surface area contributed by atoms with Crippen molar-refractivity contribution in [2.75, 3.05) is 6.54 Å². The molecule has 1 atom stereocenters. The molecule has 0 heterocycles. The zero-order valence-electron chi connectivity index (χ0n) is 12.0. The van der Waals surface area contributed by atoms with Crippen LogP contribution in [0.2, 0.25) is 5.02 Å². The molecule has 2 N–H and O–H groups in total. The van der Waals surface area contributed by atoms with Crippen LogP contribution in [0.15, 0.2) is 24.3 Å². The van der Waals surface area contributed by atoms with Gasteiger partial charge in [0, 0.05) is 11.6 Å². The summed E-state index contributed by atoms with van der Waals surface area (Å²) in [5.74, 6) is 0.124. The number of nitrogens with one attached hydrogen (secondary N) is 1. The molecule has 1 saturated carbocycles. The molecule has 2 rings (SSSR count). The van der Waals surface area contributed by atoms with E-state index in [0.717, 1.165) is 25.7 Å².